The number of nitrogens with two attached hydrogens (primary N) is 1. The third kappa shape index (κ3) is 3.22. The molecule has 0 radical (unpaired) electrons. The van der Waals surface area contributed by atoms with E-state index >= 15 is 0 Å². The summed E-state index contributed by atoms with van der Waals surface area (Å²) in [6.45, 7) is 2.23. The molecule has 1 aliphatic rings. The van der Waals surface area contributed by atoms with E-state index < -0.39 is 5.91 Å². The summed E-state index contributed by atoms with van der Waals surface area (Å²) in [6.07, 6.45) is 4.53. The number of hydrogen-bond acceptors (Lipinski definition) is 3. The fourth-order valence-corrected chi connectivity index (χ4v) is 2.75. The molecular formula is C14H21N3O2. The molecule has 0 bridgehead atoms. The Morgan fingerprint density at radius 2 is 2.00 bits per heavy atom. The van der Waals surface area contributed by atoms with Crippen LogP contribution in [0.25, 0.3) is 0 Å². The first-order valence-corrected chi connectivity index (χ1v) is 6.82. The average Bonchev–Trinajstić information content (AvgIpc) is 2.71. The monoisotopic (exact) mass is 263 g/mol. The maximum Gasteiger partial charge on any atom is 0.266 e. The van der Waals surface area contributed by atoms with E-state index in [1.165, 1.54) is 4.68 Å². The highest BCUT2D eigenvalue weighted by Gasteiger charge is 2.25. The molecule has 1 fully saturated rings. The van der Waals surface area contributed by atoms with Crippen molar-refractivity contribution in [3.05, 3.63) is 17.5 Å². The Labute approximate surface area is 113 Å². The molecule has 19 heavy (non-hydrogen) atoms. The summed E-state index contributed by atoms with van der Waals surface area (Å²) in [7, 11) is 1.66. The minimum atomic E-state index is -0.514. The van der Waals surface area contributed by atoms with Crippen molar-refractivity contribution in [3.8, 4) is 0 Å². The number of amides is 1. The zero-order valence-corrected chi connectivity index (χ0v) is 11.6. The molecule has 1 saturated carbocycles. The molecule has 5 nitrogen and oxygen atoms in total. The van der Waals surface area contributed by atoms with Crippen molar-refractivity contribution in [1.82, 2.24) is 9.78 Å². The number of nitrogens with zero attached hydrogens (tertiary/aromatic N) is 2. The Bertz CT molecular complexity index is 485. The molecule has 0 saturated heterocycles. The molecular weight excluding hydrogens is 242 g/mol. The molecule has 2 rings (SSSR count). The lowest BCUT2D eigenvalue weighted by Crippen LogP contribution is -2.22. The minimum absolute atomic E-state index is 0.162. The summed E-state index contributed by atoms with van der Waals surface area (Å²) >= 11 is 0. The maximum absolute atomic E-state index is 12.2. The Kier molecular flexibility index (Phi) is 4.02. The van der Waals surface area contributed by atoms with Crippen LogP contribution in [0.5, 0.6) is 0 Å². The van der Waals surface area contributed by atoms with E-state index in [0.29, 0.717) is 17.8 Å². The zero-order chi connectivity index (χ0) is 14.0. The van der Waals surface area contributed by atoms with Crippen LogP contribution in [0.15, 0.2) is 6.07 Å². The largest absolute Gasteiger partial charge is 0.364 e. The molecule has 1 amide bonds. The lowest BCUT2D eigenvalue weighted by atomic mass is 9.80. The van der Waals surface area contributed by atoms with Gasteiger partial charge in [-0.3, -0.25) is 14.3 Å². The fraction of sp³-hybridized carbons (Fsp3) is 0.643. The number of aromatic nitrogens is 2. The number of hydrogen-bond donors (Lipinski definition) is 1. The van der Waals surface area contributed by atoms with Crippen molar-refractivity contribution < 1.29 is 9.59 Å². The van der Waals surface area contributed by atoms with Gasteiger partial charge in [0.1, 0.15) is 11.5 Å². The second-order valence-electron chi connectivity index (χ2n) is 5.61. The van der Waals surface area contributed by atoms with Crippen LogP contribution in [-0.2, 0) is 18.3 Å². The Hall–Kier alpha value is -1.65. The van der Waals surface area contributed by atoms with E-state index in [9.17, 15) is 9.59 Å². The second-order valence-corrected chi connectivity index (χ2v) is 5.61. The molecule has 1 aliphatic carbocycles. The molecule has 1 heterocycles. The molecule has 0 atom stereocenters. The van der Waals surface area contributed by atoms with E-state index in [2.05, 4.69) is 12.0 Å². The van der Waals surface area contributed by atoms with E-state index in [4.69, 9.17) is 5.73 Å². The smallest absolute Gasteiger partial charge is 0.266 e. The van der Waals surface area contributed by atoms with E-state index in [1.54, 1.807) is 13.1 Å². The Balaban J connectivity index is 1.99. The number of Topliss-reactive ketones (excluding diaryl/α,β-unsaturated/α-hetero) is 1. The molecule has 0 unspecified atom stereocenters. The number of aryl methyl sites for hydroxylation is 1. The summed E-state index contributed by atoms with van der Waals surface area (Å²) in [5.41, 5.74) is 6.22. The highest BCUT2D eigenvalue weighted by Crippen LogP contribution is 2.29. The molecule has 1 aromatic heterocycles. The molecule has 104 valence electrons. The SMILES string of the molecule is CC1CCC(C(=O)Cc2cc(C(N)=O)n(C)n2)CC1. The van der Waals surface area contributed by atoms with Gasteiger partial charge in [0.2, 0.25) is 0 Å². The highest BCUT2D eigenvalue weighted by molar-refractivity contribution is 5.91. The standard InChI is InChI=1S/C14H21N3O2/c1-9-3-5-10(6-4-9)13(18)8-11-7-12(14(15)19)17(2)16-11/h7,9-10H,3-6,8H2,1-2H3,(H2,15,19). The van der Waals surface area contributed by atoms with Crippen molar-refractivity contribution in [2.45, 2.75) is 39.0 Å². The predicted molar refractivity (Wildman–Crippen MR) is 71.6 cm³/mol. The van der Waals surface area contributed by atoms with Gasteiger partial charge < -0.3 is 5.73 Å². The van der Waals surface area contributed by atoms with Crippen molar-refractivity contribution >= 4 is 11.7 Å². The van der Waals surface area contributed by atoms with Crippen molar-refractivity contribution in [1.29, 1.82) is 0 Å². The van der Waals surface area contributed by atoms with Crippen LogP contribution in [0.3, 0.4) is 0 Å². The van der Waals surface area contributed by atoms with E-state index in [-0.39, 0.29) is 11.7 Å². The first-order valence-electron chi connectivity index (χ1n) is 6.82. The van der Waals surface area contributed by atoms with Gasteiger partial charge in [-0.1, -0.05) is 19.8 Å². The Morgan fingerprint density at radius 3 is 2.53 bits per heavy atom. The van der Waals surface area contributed by atoms with Crippen molar-refractivity contribution in [3.63, 3.8) is 0 Å². The van der Waals surface area contributed by atoms with Gasteiger partial charge in [-0.05, 0) is 24.8 Å². The van der Waals surface area contributed by atoms with Gasteiger partial charge in [0.25, 0.3) is 5.91 Å². The normalized spacial score (nSPS) is 23.3. The molecule has 2 N–H and O–H groups in total. The first kappa shape index (κ1) is 13.8. The number of primary amides is 1. The molecule has 1 aromatic rings. The quantitative estimate of drug-likeness (QED) is 0.893. The summed E-state index contributed by atoms with van der Waals surface area (Å²) < 4.78 is 1.44. The van der Waals surface area contributed by atoms with Crippen LogP contribution in [0.4, 0.5) is 0 Å². The molecule has 0 aromatic carbocycles. The van der Waals surface area contributed by atoms with E-state index in [0.717, 1.165) is 31.6 Å². The van der Waals surface area contributed by atoms with Gasteiger partial charge in [-0.2, -0.15) is 5.10 Å². The van der Waals surface area contributed by atoms with Crippen LogP contribution >= 0.6 is 0 Å². The Morgan fingerprint density at radius 1 is 1.37 bits per heavy atom. The van der Waals surface area contributed by atoms with Gasteiger partial charge in [-0.15, -0.1) is 0 Å². The third-order valence-electron chi connectivity index (χ3n) is 4.01. The van der Waals surface area contributed by atoms with Crippen LogP contribution in [-0.4, -0.2) is 21.5 Å². The van der Waals surface area contributed by atoms with Crippen molar-refractivity contribution in [2.75, 3.05) is 0 Å². The summed E-state index contributed by atoms with van der Waals surface area (Å²) in [6, 6.07) is 1.62. The predicted octanol–water partition coefficient (Wildman–Crippen LogP) is 1.46. The fourth-order valence-electron chi connectivity index (χ4n) is 2.75. The third-order valence-corrected chi connectivity index (χ3v) is 4.01. The van der Waals surface area contributed by atoms with Gasteiger partial charge in [0.15, 0.2) is 0 Å². The zero-order valence-electron chi connectivity index (χ0n) is 11.6. The average molecular weight is 263 g/mol. The number of rotatable bonds is 4. The minimum Gasteiger partial charge on any atom is -0.364 e. The molecule has 5 heteroatoms. The van der Waals surface area contributed by atoms with Crippen LogP contribution < -0.4 is 5.73 Å². The summed E-state index contributed by atoms with van der Waals surface area (Å²) in [5.74, 6) is 0.622. The lowest BCUT2D eigenvalue weighted by molar-refractivity contribution is -0.123. The van der Waals surface area contributed by atoms with Crippen LogP contribution in [0, 0.1) is 11.8 Å². The number of carbonyl (C=O) groups excluding carboxylic acids is 2. The first-order chi connectivity index (χ1) is 8.97. The highest BCUT2D eigenvalue weighted by atomic mass is 16.1. The van der Waals surface area contributed by atoms with E-state index in [1.807, 2.05) is 0 Å². The number of ketones is 1. The molecule has 0 spiro atoms. The topological polar surface area (TPSA) is 78.0 Å². The molecule has 0 aliphatic heterocycles. The lowest BCUT2D eigenvalue weighted by Gasteiger charge is -2.24. The second kappa shape index (κ2) is 5.55. The van der Waals surface area contributed by atoms with Gasteiger partial charge in [0.05, 0.1) is 12.1 Å². The van der Waals surface area contributed by atoms with Gasteiger partial charge in [0, 0.05) is 13.0 Å². The summed E-state index contributed by atoms with van der Waals surface area (Å²) in [4.78, 5) is 23.3. The van der Waals surface area contributed by atoms with Crippen molar-refractivity contribution in [2.24, 2.45) is 24.6 Å². The van der Waals surface area contributed by atoms with Crippen LogP contribution in [0.1, 0.15) is 48.8 Å². The number of carbonyl (C=O) groups is 2. The van der Waals surface area contributed by atoms with Gasteiger partial charge in [-0.25, -0.2) is 0 Å². The summed E-state index contributed by atoms with van der Waals surface area (Å²) in [5, 5.41) is 4.18. The van der Waals surface area contributed by atoms with Gasteiger partial charge >= 0.3 is 0 Å². The van der Waals surface area contributed by atoms with Crippen LogP contribution in [0.2, 0.25) is 0 Å². The maximum atomic E-state index is 12.2.